The van der Waals surface area contributed by atoms with Crippen molar-refractivity contribution in [3.8, 4) is 5.75 Å². The van der Waals surface area contributed by atoms with Gasteiger partial charge in [0, 0.05) is 19.0 Å². The number of amides is 1. The molecule has 4 nitrogen and oxygen atoms in total. The zero-order valence-corrected chi connectivity index (χ0v) is 16.1. The van der Waals surface area contributed by atoms with Crippen molar-refractivity contribution >= 4 is 5.91 Å². The quantitative estimate of drug-likeness (QED) is 0.624. The fraction of sp³-hybridized carbons (Fsp3) is 0.667. The fourth-order valence-corrected chi connectivity index (χ4v) is 3.41. The molecule has 0 atom stereocenters. The Kier molecular flexibility index (Phi) is 8.89. The third-order valence-corrected chi connectivity index (χ3v) is 4.85. The maximum absolute atomic E-state index is 13.4. The lowest BCUT2D eigenvalue weighted by molar-refractivity contribution is -0.122. The van der Waals surface area contributed by atoms with E-state index in [0.717, 1.165) is 5.56 Å². The van der Waals surface area contributed by atoms with Gasteiger partial charge >= 0.3 is 0 Å². The van der Waals surface area contributed by atoms with Gasteiger partial charge in [-0.05, 0) is 36.3 Å². The highest BCUT2D eigenvalue weighted by Crippen LogP contribution is 2.27. The van der Waals surface area contributed by atoms with E-state index in [4.69, 9.17) is 9.47 Å². The van der Waals surface area contributed by atoms with Gasteiger partial charge in [0.25, 0.3) is 0 Å². The zero-order chi connectivity index (χ0) is 18.8. The molecule has 1 amide bonds. The van der Waals surface area contributed by atoms with Crippen LogP contribution in [0.4, 0.5) is 4.39 Å². The molecule has 0 bridgehead atoms. The average Bonchev–Trinajstić information content (AvgIpc) is 2.61. The highest BCUT2D eigenvalue weighted by atomic mass is 19.1. The molecule has 146 valence electrons. The van der Waals surface area contributed by atoms with Crippen LogP contribution in [-0.2, 0) is 9.53 Å². The summed E-state index contributed by atoms with van der Waals surface area (Å²) >= 11 is 0. The topological polar surface area (TPSA) is 47.6 Å². The summed E-state index contributed by atoms with van der Waals surface area (Å²) in [5.74, 6) is 1.22. The maximum Gasteiger partial charge on any atom is 0.220 e. The molecule has 5 heteroatoms. The lowest BCUT2D eigenvalue weighted by atomic mass is 9.87. The number of carbonyl (C=O) groups excluding carboxylic acids is 1. The van der Waals surface area contributed by atoms with Crippen LogP contribution in [0.1, 0.15) is 63.9 Å². The Morgan fingerprint density at radius 3 is 2.69 bits per heavy atom. The molecule has 2 rings (SSSR count). The first-order valence-corrected chi connectivity index (χ1v) is 9.83. The molecular formula is C21H32FNO3. The van der Waals surface area contributed by atoms with Crippen LogP contribution < -0.4 is 10.1 Å². The van der Waals surface area contributed by atoms with Crippen LogP contribution in [0, 0.1) is 11.7 Å². The lowest BCUT2D eigenvalue weighted by Gasteiger charge is -2.20. The SMILES string of the molecule is CC(C)c1ccc(F)cc1OCCOCCNC(=O)CC1CCCCC1. The molecular weight excluding hydrogens is 333 g/mol. The molecule has 0 heterocycles. The average molecular weight is 365 g/mol. The zero-order valence-electron chi connectivity index (χ0n) is 16.1. The van der Waals surface area contributed by atoms with E-state index in [2.05, 4.69) is 5.32 Å². The van der Waals surface area contributed by atoms with Crippen LogP contribution in [0.3, 0.4) is 0 Å². The summed E-state index contributed by atoms with van der Waals surface area (Å²) in [5.41, 5.74) is 0.987. The third-order valence-electron chi connectivity index (χ3n) is 4.85. The molecule has 1 aromatic carbocycles. The molecule has 0 aliphatic heterocycles. The van der Waals surface area contributed by atoms with Gasteiger partial charge in [-0.2, -0.15) is 0 Å². The van der Waals surface area contributed by atoms with Crippen LogP contribution in [0.25, 0.3) is 0 Å². The van der Waals surface area contributed by atoms with E-state index >= 15 is 0 Å². The molecule has 0 saturated heterocycles. The van der Waals surface area contributed by atoms with E-state index in [1.165, 1.54) is 44.2 Å². The summed E-state index contributed by atoms with van der Waals surface area (Å²) in [6.45, 7) is 5.84. The van der Waals surface area contributed by atoms with Crippen molar-refractivity contribution in [3.63, 3.8) is 0 Å². The molecule has 1 aromatic rings. The second-order valence-electron chi connectivity index (χ2n) is 7.36. The summed E-state index contributed by atoms with van der Waals surface area (Å²) in [6, 6.07) is 4.63. The summed E-state index contributed by atoms with van der Waals surface area (Å²) in [6.07, 6.45) is 6.82. The van der Waals surface area contributed by atoms with Crippen LogP contribution in [0.5, 0.6) is 5.75 Å². The summed E-state index contributed by atoms with van der Waals surface area (Å²) in [7, 11) is 0. The minimum Gasteiger partial charge on any atom is -0.491 e. The largest absolute Gasteiger partial charge is 0.491 e. The molecule has 0 spiro atoms. The molecule has 1 aliphatic rings. The van der Waals surface area contributed by atoms with Crippen molar-refractivity contribution in [2.24, 2.45) is 5.92 Å². The van der Waals surface area contributed by atoms with Crippen LogP contribution >= 0.6 is 0 Å². The number of hydrogen-bond donors (Lipinski definition) is 1. The predicted octanol–water partition coefficient (Wildman–Crippen LogP) is 4.43. The first-order valence-electron chi connectivity index (χ1n) is 9.83. The Bertz CT molecular complexity index is 556. The smallest absolute Gasteiger partial charge is 0.220 e. The van der Waals surface area contributed by atoms with Gasteiger partial charge in [0.2, 0.25) is 5.91 Å². The Morgan fingerprint density at radius 2 is 1.96 bits per heavy atom. The monoisotopic (exact) mass is 365 g/mol. The van der Waals surface area contributed by atoms with E-state index < -0.39 is 0 Å². The van der Waals surface area contributed by atoms with Gasteiger partial charge in [0.1, 0.15) is 18.2 Å². The van der Waals surface area contributed by atoms with Crippen molar-refractivity contribution in [1.82, 2.24) is 5.32 Å². The van der Waals surface area contributed by atoms with E-state index in [0.29, 0.717) is 44.5 Å². The Labute approximate surface area is 156 Å². The minimum atomic E-state index is -0.300. The van der Waals surface area contributed by atoms with Gasteiger partial charge in [-0.1, -0.05) is 39.2 Å². The number of nitrogens with one attached hydrogen (secondary N) is 1. The van der Waals surface area contributed by atoms with E-state index in [-0.39, 0.29) is 17.6 Å². The number of rotatable bonds is 10. The number of carbonyl (C=O) groups is 1. The van der Waals surface area contributed by atoms with Crippen LogP contribution in [-0.4, -0.2) is 32.3 Å². The van der Waals surface area contributed by atoms with E-state index in [1.54, 1.807) is 6.07 Å². The predicted molar refractivity (Wildman–Crippen MR) is 101 cm³/mol. The Hall–Kier alpha value is -1.62. The molecule has 0 aromatic heterocycles. The second kappa shape index (κ2) is 11.2. The summed E-state index contributed by atoms with van der Waals surface area (Å²) in [4.78, 5) is 11.9. The maximum atomic E-state index is 13.4. The van der Waals surface area contributed by atoms with E-state index in [9.17, 15) is 9.18 Å². The fourth-order valence-electron chi connectivity index (χ4n) is 3.41. The molecule has 0 radical (unpaired) electrons. The van der Waals surface area contributed by atoms with Gasteiger partial charge < -0.3 is 14.8 Å². The van der Waals surface area contributed by atoms with Gasteiger partial charge in [0.15, 0.2) is 0 Å². The van der Waals surface area contributed by atoms with Crippen LogP contribution in [0.2, 0.25) is 0 Å². The molecule has 1 saturated carbocycles. The highest BCUT2D eigenvalue weighted by molar-refractivity contribution is 5.76. The van der Waals surface area contributed by atoms with Crippen molar-refractivity contribution in [3.05, 3.63) is 29.6 Å². The van der Waals surface area contributed by atoms with Gasteiger partial charge in [-0.25, -0.2) is 4.39 Å². The first-order chi connectivity index (χ1) is 12.6. The van der Waals surface area contributed by atoms with E-state index in [1.807, 2.05) is 13.8 Å². The standard InChI is InChI=1S/C21H32FNO3/c1-16(2)19-9-8-18(22)15-20(19)26-13-12-25-11-10-23-21(24)14-17-6-4-3-5-7-17/h8-9,15-17H,3-7,10-14H2,1-2H3,(H,23,24). The molecule has 1 aliphatic carbocycles. The normalized spacial score (nSPS) is 15.2. The number of benzene rings is 1. The number of hydrogen-bond acceptors (Lipinski definition) is 3. The summed E-state index contributed by atoms with van der Waals surface area (Å²) in [5, 5.41) is 2.92. The van der Waals surface area contributed by atoms with Gasteiger partial charge in [0.05, 0.1) is 13.2 Å². The molecule has 1 fully saturated rings. The van der Waals surface area contributed by atoms with Crippen molar-refractivity contribution in [2.75, 3.05) is 26.4 Å². The van der Waals surface area contributed by atoms with Gasteiger partial charge in [-0.15, -0.1) is 0 Å². The summed E-state index contributed by atoms with van der Waals surface area (Å²) < 4.78 is 24.5. The third kappa shape index (κ3) is 7.32. The molecule has 26 heavy (non-hydrogen) atoms. The Balaban J connectivity index is 1.55. The number of ether oxygens (including phenoxy) is 2. The highest BCUT2D eigenvalue weighted by Gasteiger charge is 2.16. The van der Waals surface area contributed by atoms with Crippen molar-refractivity contribution in [2.45, 2.75) is 58.3 Å². The lowest BCUT2D eigenvalue weighted by Crippen LogP contribution is -2.29. The minimum absolute atomic E-state index is 0.123. The van der Waals surface area contributed by atoms with Crippen LogP contribution in [0.15, 0.2) is 18.2 Å². The van der Waals surface area contributed by atoms with Crippen molar-refractivity contribution < 1.29 is 18.7 Å². The number of halogens is 1. The Morgan fingerprint density at radius 1 is 1.19 bits per heavy atom. The molecule has 0 unspecified atom stereocenters. The first kappa shape index (κ1) is 20.7. The van der Waals surface area contributed by atoms with Crippen molar-refractivity contribution in [1.29, 1.82) is 0 Å². The van der Waals surface area contributed by atoms with Gasteiger partial charge in [-0.3, -0.25) is 4.79 Å². The second-order valence-corrected chi connectivity index (χ2v) is 7.36. The molecule has 1 N–H and O–H groups in total.